The van der Waals surface area contributed by atoms with Crippen LogP contribution < -0.4 is 10.3 Å². The Morgan fingerprint density at radius 2 is 2.00 bits per heavy atom. The predicted molar refractivity (Wildman–Crippen MR) is 60.6 cm³/mol. The van der Waals surface area contributed by atoms with Crippen molar-refractivity contribution in [2.75, 3.05) is 0 Å². The molecule has 0 saturated heterocycles. The highest BCUT2D eigenvalue weighted by molar-refractivity contribution is 5.80. The molecule has 96 valence electrons. The van der Waals surface area contributed by atoms with Gasteiger partial charge < -0.3 is 9.72 Å². The molecule has 1 aromatic heterocycles. The summed E-state index contributed by atoms with van der Waals surface area (Å²) in [5.74, 6) is -0.302. The minimum atomic E-state index is -4.72. The number of alkyl halides is 3. The quantitative estimate of drug-likeness (QED) is 0.898. The van der Waals surface area contributed by atoms with Crippen LogP contribution >= 0.6 is 0 Å². The third-order valence-electron chi connectivity index (χ3n) is 2.51. The number of ether oxygens (including phenoxy) is 1. The zero-order valence-electron chi connectivity index (χ0n) is 9.47. The summed E-state index contributed by atoms with van der Waals surface area (Å²) in [7, 11) is 0. The summed E-state index contributed by atoms with van der Waals surface area (Å²) >= 11 is 0. The van der Waals surface area contributed by atoms with Crippen LogP contribution in [-0.2, 0) is 6.42 Å². The van der Waals surface area contributed by atoms with Gasteiger partial charge in [-0.1, -0.05) is 6.92 Å². The number of rotatable bonds is 2. The van der Waals surface area contributed by atoms with Gasteiger partial charge in [0.15, 0.2) is 0 Å². The van der Waals surface area contributed by atoms with Crippen molar-refractivity contribution in [1.29, 1.82) is 0 Å². The minimum absolute atomic E-state index is 0.227. The highest BCUT2D eigenvalue weighted by atomic mass is 19.4. The number of aryl methyl sites for hydroxylation is 1. The minimum Gasteiger partial charge on any atom is -0.406 e. The van der Waals surface area contributed by atoms with Crippen LogP contribution in [0.5, 0.6) is 5.75 Å². The fraction of sp³-hybridized carbons (Fsp3) is 0.250. The van der Waals surface area contributed by atoms with Crippen LogP contribution in [0.4, 0.5) is 13.2 Å². The molecule has 2 rings (SSSR count). The summed E-state index contributed by atoms with van der Waals surface area (Å²) in [5.41, 5.74) is 0.771. The second-order valence-corrected chi connectivity index (χ2v) is 3.77. The zero-order valence-corrected chi connectivity index (χ0v) is 9.47. The molecule has 0 bridgehead atoms. The molecule has 0 amide bonds. The summed E-state index contributed by atoms with van der Waals surface area (Å²) in [6.45, 7) is 1.80. The summed E-state index contributed by atoms with van der Waals surface area (Å²) in [6.07, 6.45) is -4.21. The Morgan fingerprint density at radius 1 is 1.28 bits per heavy atom. The van der Waals surface area contributed by atoms with E-state index in [9.17, 15) is 18.0 Å². The summed E-state index contributed by atoms with van der Waals surface area (Å²) in [4.78, 5) is 14.1. The number of hydrogen-bond acceptors (Lipinski definition) is 2. The molecule has 0 fully saturated rings. The summed E-state index contributed by atoms with van der Waals surface area (Å²) in [5, 5.41) is 0.508. The summed E-state index contributed by atoms with van der Waals surface area (Å²) in [6, 6.07) is 5.37. The van der Waals surface area contributed by atoms with Crippen molar-refractivity contribution < 1.29 is 17.9 Å². The first-order chi connectivity index (χ1) is 8.39. The van der Waals surface area contributed by atoms with E-state index in [2.05, 4.69) is 9.72 Å². The van der Waals surface area contributed by atoms with Gasteiger partial charge in [0.2, 0.25) is 0 Å². The van der Waals surface area contributed by atoms with E-state index in [4.69, 9.17) is 0 Å². The Hall–Kier alpha value is -1.98. The van der Waals surface area contributed by atoms with Gasteiger partial charge >= 0.3 is 6.36 Å². The highest BCUT2D eigenvalue weighted by Crippen LogP contribution is 2.25. The number of fused-ring (bicyclic) bond motifs is 1. The first kappa shape index (κ1) is 12.5. The average molecular weight is 257 g/mol. The smallest absolute Gasteiger partial charge is 0.406 e. The Morgan fingerprint density at radius 3 is 2.61 bits per heavy atom. The molecule has 0 aliphatic rings. The van der Waals surface area contributed by atoms with Crippen molar-refractivity contribution in [3.05, 3.63) is 40.2 Å². The Labute approximate surface area is 100 Å². The molecule has 0 radical (unpaired) electrons. The number of pyridine rings is 1. The molecule has 0 aliphatic carbocycles. The third-order valence-corrected chi connectivity index (χ3v) is 2.51. The van der Waals surface area contributed by atoms with E-state index in [-0.39, 0.29) is 11.3 Å². The molecule has 0 unspecified atom stereocenters. The van der Waals surface area contributed by atoms with Gasteiger partial charge in [-0.25, -0.2) is 0 Å². The fourth-order valence-corrected chi connectivity index (χ4v) is 1.69. The maximum Gasteiger partial charge on any atom is 0.573 e. The average Bonchev–Trinajstić information content (AvgIpc) is 2.26. The van der Waals surface area contributed by atoms with Crippen LogP contribution in [-0.4, -0.2) is 11.3 Å². The highest BCUT2D eigenvalue weighted by Gasteiger charge is 2.31. The number of H-pyrrole nitrogens is 1. The molecule has 1 heterocycles. The van der Waals surface area contributed by atoms with E-state index in [1.165, 1.54) is 12.1 Å². The first-order valence-electron chi connectivity index (χ1n) is 5.31. The van der Waals surface area contributed by atoms with E-state index in [1.54, 1.807) is 13.0 Å². The van der Waals surface area contributed by atoms with Gasteiger partial charge in [-0.05, 0) is 30.7 Å². The number of aromatic amines is 1. The molecule has 0 aliphatic heterocycles. The van der Waals surface area contributed by atoms with Crippen LogP contribution in [0, 0.1) is 0 Å². The molecule has 1 aromatic carbocycles. The van der Waals surface area contributed by atoms with Crippen LogP contribution in [0.3, 0.4) is 0 Å². The maximum atomic E-state index is 12.1. The molecule has 18 heavy (non-hydrogen) atoms. The third kappa shape index (κ3) is 2.64. The lowest BCUT2D eigenvalue weighted by Crippen LogP contribution is -2.17. The lowest BCUT2D eigenvalue weighted by molar-refractivity contribution is -0.274. The second kappa shape index (κ2) is 4.36. The standard InChI is InChI=1S/C12H10F3NO2/c1-2-7-5-8-6-9(18-12(13,14)15)3-4-10(8)16-11(7)17/h3-6H,2H2,1H3,(H,16,17). The second-order valence-electron chi connectivity index (χ2n) is 3.77. The van der Waals surface area contributed by atoms with Crippen molar-refractivity contribution in [2.24, 2.45) is 0 Å². The van der Waals surface area contributed by atoms with Gasteiger partial charge in [-0.15, -0.1) is 13.2 Å². The number of benzene rings is 1. The Kier molecular flexibility index (Phi) is 3.02. The van der Waals surface area contributed by atoms with E-state index in [0.717, 1.165) is 6.07 Å². The SMILES string of the molecule is CCc1cc2cc(OC(F)(F)F)ccc2[nH]c1=O. The van der Waals surface area contributed by atoms with Crippen molar-refractivity contribution in [2.45, 2.75) is 19.7 Å². The fourth-order valence-electron chi connectivity index (χ4n) is 1.69. The van der Waals surface area contributed by atoms with Gasteiger partial charge in [0.1, 0.15) is 5.75 Å². The van der Waals surface area contributed by atoms with E-state index in [0.29, 0.717) is 22.9 Å². The molecular formula is C12H10F3NO2. The van der Waals surface area contributed by atoms with Crippen molar-refractivity contribution in [3.63, 3.8) is 0 Å². The van der Waals surface area contributed by atoms with Crippen molar-refractivity contribution in [1.82, 2.24) is 4.98 Å². The largest absolute Gasteiger partial charge is 0.573 e. The molecule has 0 atom stereocenters. The number of halogens is 3. The number of nitrogens with one attached hydrogen (secondary N) is 1. The van der Waals surface area contributed by atoms with Crippen LogP contribution in [0.1, 0.15) is 12.5 Å². The van der Waals surface area contributed by atoms with Gasteiger partial charge in [-0.2, -0.15) is 0 Å². The van der Waals surface area contributed by atoms with Gasteiger partial charge in [-0.3, -0.25) is 4.79 Å². The van der Waals surface area contributed by atoms with Crippen LogP contribution in [0.2, 0.25) is 0 Å². The number of aromatic nitrogens is 1. The molecule has 2 aromatic rings. The molecule has 1 N–H and O–H groups in total. The maximum absolute atomic E-state index is 12.1. The van der Waals surface area contributed by atoms with Crippen LogP contribution in [0.25, 0.3) is 10.9 Å². The molecular weight excluding hydrogens is 247 g/mol. The Balaban J connectivity index is 2.50. The molecule has 3 nitrogen and oxygen atoms in total. The zero-order chi connectivity index (χ0) is 13.3. The van der Waals surface area contributed by atoms with E-state index < -0.39 is 6.36 Å². The molecule has 0 saturated carbocycles. The van der Waals surface area contributed by atoms with E-state index >= 15 is 0 Å². The van der Waals surface area contributed by atoms with Crippen molar-refractivity contribution in [3.8, 4) is 5.75 Å². The normalized spacial score (nSPS) is 11.8. The van der Waals surface area contributed by atoms with Gasteiger partial charge in [0, 0.05) is 16.5 Å². The molecule has 0 spiro atoms. The number of hydrogen-bond donors (Lipinski definition) is 1. The van der Waals surface area contributed by atoms with Crippen LogP contribution in [0.15, 0.2) is 29.1 Å². The van der Waals surface area contributed by atoms with Gasteiger partial charge in [0.05, 0.1) is 0 Å². The lowest BCUT2D eigenvalue weighted by atomic mass is 10.1. The van der Waals surface area contributed by atoms with Gasteiger partial charge in [0.25, 0.3) is 5.56 Å². The predicted octanol–water partition coefficient (Wildman–Crippen LogP) is 2.99. The van der Waals surface area contributed by atoms with Crippen molar-refractivity contribution >= 4 is 10.9 Å². The molecule has 6 heteroatoms. The monoisotopic (exact) mass is 257 g/mol. The Bertz CT molecular complexity index is 631. The van der Waals surface area contributed by atoms with E-state index in [1.807, 2.05) is 0 Å². The lowest BCUT2D eigenvalue weighted by Gasteiger charge is -2.09. The topological polar surface area (TPSA) is 42.1 Å². The first-order valence-corrected chi connectivity index (χ1v) is 5.31. The summed E-state index contributed by atoms with van der Waals surface area (Å²) < 4.78 is 40.0.